The monoisotopic (exact) mass is 313 g/mol. The first kappa shape index (κ1) is 16.8. The second kappa shape index (κ2) is 5.94. The quantitative estimate of drug-likeness (QED) is 0.733. The molecule has 1 atom stereocenters. The van der Waals surface area contributed by atoms with E-state index in [-0.39, 0.29) is 17.4 Å². The van der Waals surface area contributed by atoms with Crippen molar-refractivity contribution in [3.05, 3.63) is 35.4 Å². The highest BCUT2D eigenvalue weighted by Crippen LogP contribution is 2.33. The third-order valence-electron chi connectivity index (χ3n) is 4.22. The largest absolute Gasteiger partial charge is 0.416 e. The van der Waals surface area contributed by atoms with Crippen LogP contribution in [0.15, 0.2) is 24.3 Å². The molecule has 1 aliphatic heterocycles. The molecule has 1 aromatic carbocycles. The van der Waals surface area contributed by atoms with E-state index in [0.717, 1.165) is 31.4 Å². The van der Waals surface area contributed by atoms with E-state index in [2.05, 4.69) is 20.8 Å². The lowest BCUT2D eigenvalue weighted by Crippen LogP contribution is -2.50. The fourth-order valence-electron chi connectivity index (χ4n) is 3.04. The van der Waals surface area contributed by atoms with Crippen molar-refractivity contribution >= 4 is 5.91 Å². The molecule has 0 saturated carbocycles. The summed E-state index contributed by atoms with van der Waals surface area (Å²) in [6.07, 6.45) is -1.41. The predicted octanol–water partition coefficient (Wildman–Crippen LogP) is 4.75. The molecule has 1 fully saturated rings. The smallest absolute Gasteiger partial charge is 0.335 e. The molecule has 2 rings (SSSR count). The van der Waals surface area contributed by atoms with Gasteiger partial charge in [0.1, 0.15) is 0 Å². The third-order valence-corrected chi connectivity index (χ3v) is 4.22. The summed E-state index contributed by atoms with van der Waals surface area (Å²) in [5, 5.41) is 0. The number of benzene rings is 1. The van der Waals surface area contributed by atoms with Gasteiger partial charge in [-0.25, -0.2) is 0 Å². The summed E-state index contributed by atoms with van der Waals surface area (Å²) in [4.78, 5) is 14.5. The normalized spacial score (nSPS) is 20.1. The summed E-state index contributed by atoms with van der Waals surface area (Å²) in [6.45, 7) is 6.95. The molecule has 0 radical (unpaired) electrons. The number of alkyl halides is 3. The van der Waals surface area contributed by atoms with Crippen molar-refractivity contribution in [2.24, 2.45) is 5.41 Å². The molecule has 0 bridgehead atoms. The third kappa shape index (κ3) is 3.62. The van der Waals surface area contributed by atoms with Gasteiger partial charge in [0.25, 0.3) is 5.91 Å². The molecule has 1 heterocycles. The van der Waals surface area contributed by atoms with Gasteiger partial charge >= 0.3 is 6.18 Å². The van der Waals surface area contributed by atoms with E-state index in [1.165, 1.54) is 12.1 Å². The zero-order valence-electron chi connectivity index (χ0n) is 13.2. The Balaban J connectivity index is 2.22. The van der Waals surface area contributed by atoms with Gasteiger partial charge in [0, 0.05) is 18.2 Å². The van der Waals surface area contributed by atoms with Gasteiger partial charge in [-0.05, 0) is 48.9 Å². The maximum Gasteiger partial charge on any atom is 0.416 e. The summed E-state index contributed by atoms with van der Waals surface area (Å²) in [5.41, 5.74) is -0.443. The average Bonchev–Trinajstić information content (AvgIpc) is 2.45. The lowest BCUT2D eigenvalue weighted by Gasteiger charge is -2.43. The molecule has 0 aromatic heterocycles. The molecule has 1 aromatic rings. The molecular formula is C17H22F3NO. The first-order chi connectivity index (χ1) is 10.1. The topological polar surface area (TPSA) is 20.3 Å². The van der Waals surface area contributed by atoms with Crippen LogP contribution in [0.1, 0.15) is 56.0 Å². The highest BCUT2D eigenvalue weighted by molar-refractivity contribution is 5.94. The molecule has 2 nitrogen and oxygen atoms in total. The summed E-state index contributed by atoms with van der Waals surface area (Å²) in [5.74, 6) is -0.173. The number of amides is 1. The number of likely N-dealkylation sites (tertiary alicyclic amines) is 1. The first-order valence-electron chi connectivity index (χ1n) is 7.59. The van der Waals surface area contributed by atoms with Crippen molar-refractivity contribution in [2.45, 2.75) is 52.3 Å². The van der Waals surface area contributed by atoms with E-state index in [9.17, 15) is 18.0 Å². The summed E-state index contributed by atoms with van der Waals surface area (Å²) < 4.78 is 37.8. The van der Waals surface area contributed by atoms with Crippen molar-refractivity contribution in [1.82, 2.24) is 4.90 Å². The van der Waals surface area contributed by atoms with Crippen molar-refractivity contribution in [1.29, 1.82) is 0 Å². The van der Waals surface area contributed by atoms with Crippen LogP contribution in [0.2, 0.25) is 0 Å². The number of nitrogens with zero attached hydrogens (tertiary/aromatic N) is 1. The van der Waals surface area contributed by atoms with E-state index < -0.39 is 11.7 Å². The van der Waals surface area contributed by atoms with E-state index in [1.54, 1.807) is 0 Å². The van der Waals surface area contributed by atoms with Crippen LogP contribution < -0.4 is 0 Å². The second-order valence-corrected chi connectivity index (χ2v) is 6.95. The Kier molecular flexibility index (Phi) is 4.54. The average molecular weight is 313 g/mol. The van der Waals surface area contributed by atoms with Crippen LogP contribution in [0.4, 0.5) is 13.2 Å². The van der Waals surface area contributed by atoms with E-state index >= 15 is 0 Å². The number of hydrogen-bond acceptors (Lipinski definition) is 1. The maximum absolute atomic E-state index is 12.7. The first-order valence-corrected chi connectivity index (χ1v) is 7.59. The highest BCUT2D eigenvalue weighted by atomic mass is 19.4. The zero-order chi connectivity index (χ0) is 16.5. The number of carbonyl (C=O) groups excluding carboxylic acids is 1. The molecule has 1 aliphatic rings. The SMILES string of the molecule is CC(C)(C)C1CCCCN1C(=O)c1ccc(C(F)(F)F)cc1. The number of carbonyl (C=O) groups is 1. The Morgan fingerprint density at radius 2 is 1.68 bits per heavy atom. The van der Waals surface area contributed by atoms with Crippen molar-refractivity contribution < 1.29 is 18.0 Å². The molecule has 1 saturated heterocycles. The van der Waals surface area contributed by atoms with Crippen LogP contribution in [-0.4, -0.2) is 23.4 Å². The van der Waals surface area contributed by atoms with Gasteiger partial charge in [-0.15, -0.1) is 0 Å². The van der Waals surface area contributed by atoms with Crippen LogP contribution in [0, 0.1) is 5.41 Å². The van der Waals surface area contributed by atoms with Crippen LogP contribution in [0.25, 0.3) is 0 Å². The number of halogens is 3. The Morgan fingerprint density at radius 3 is 2.18 bits per heavy atom. The van der Waals surface area contributed by atoms with Gasteiger partial charge in [-0.3, -0.25) is 4.79 Å². The minimum Gasteiger partial charge on any atom is -0.335 e. The van der Waals surface area contributed by atoms with Crippen molar-refractivity contribution in [2.75, 3.05) is 6.54 Å². The highest BCUT2D eigenvalue weighted by Gasteiger charge is 2.36. The van der Waals surface area contributed by atoms with Gasteiger partial charge < -0.3 is 4.90 Å². The number of rotatable bonds is 1. The molecular weight excluding hydrogens is 291 g/mol. The molecule has 0 spiro atoms. The van der Waals surface area contributed by atoms with Crippen LogP contribution >= 0.6 is 0 Å². The fraction of sp³-hybridized carbons (Fsp3) is 0.588. The lowest BCUT2D eigenvalue weighted by atomic mass is 9.80. The molecule has 5 heteroatoms. The second-order valence-electron chi connectivity index (χ2n) is 6.95. The van der Waals surface area contributed by atoms with Crippen LogP contribution in [0.5, 0.6) is 0 Å². The summed E-state index contributed by atoms with van der Waals surface area (Å²) in [6, 6.07) is 4.63. The maximum atomic E-state index is 12.7. The molecule has 0 aliphatic carbocycles. The molecule has 0 N–H and O–H groups in total. The molecule has 1 unspecified atom stereocenters. The number of hydrogen-bond donors (Lipinski definition) is 0. The van der Waals surface area contributed by atoms with Crippen LogP contribution in [-0.2, 0) is 6.18 Å². The Morgan fingerprint density at radius 1 is 1.09 bits per heavy atom. The van der Waals surface area contributed by atoms with Gasteiger partial charge in [0.15, 0.2) is 0 Å². The summed E-state index contributed by atoms with van der Waals surface area (Å²) in [7, 11) is 0. The van der Waals surface area contributed by atoms with Gasteiger partial charge in [0.05, 0.1) is 5.56 Å². The predicted molar refractivity (Wildman–Crippen MR) is 79.6 cm³/mol. The Labute approximate surface area is 129 Å². The molecule has 122 valence electrons. The Bertz CT molecular complexity index is 528. The lowest BCUT2D eigenvalue weighted by molar-refractivity contribution is -0.137. The minimum atomic E-state index is -4.37. The fourth-order valence-corrected chi connectivity index (χ4v) is 3.04. The van der Waals surface area contributed by atoms with Crippen LogP contribution in [0.3, 0.4) is 0 Å². The zero-order valence-corrected chi connectivity index (χ0v) is 13.2. The number of piperidine rings is 1. The van der Waals surface area contributed by atoms with Crippen molar-refractivity contribution in [3.63, 3.8) is 0 Å². The summed E-state index contributed by atoms with van der Waals surface area (Å²) >= 11 is 0. The van der Waals surface area contributed by atoms with Crippen molar-refractivity contribution in [3.8, 4) is 0 Å². The van der Waals surface area contributed by atoms with E-state index in [1.807, 2.05) is 4.90 Å². The standard InChI is InChI=1S/C17H22F3NO/c1-16(2,3)14-6-4-5-11-21(14)15(22)12-7-9-13(10-8-12)17(18,19)20/h7-10,14H,4-6,11H2,1-3H3. The van der Waals surface area contributed by atoms with E-state index in [4.69, 9.17) is 0 Å². The molecule has 22 heavy (non-hydrogen) atoms. The molecule has 1 amide bonds. The minimum absolute atomic E-state index is 0.0397. The van der Waals surface area contributed by atoms with Gasteiger partial charge in [0.2, 0.25) is 0 Å². The Hall–Kier alpha value is -1.52. The van der Waals surface area contributed by atoms with Gasteiger partial charge in [-0.2, -0.15) is 13.2 Å². The van der Waals surface area contributed by atoms with E-state index in [0.29, 0.717) is 12.1 Å². The van der Waals surface area contributed by atoms with Gasteiger partial charge in [-0.1, -0.05) is 20.8 Å².